The molecule has 4 saturated carbocycles. The van der Waals surface area contributed by atoms with Crippen LogP contribution in [0.25, 0.3) is 0 Å². The van der Waals surface area contributed by atoms with Crippen molar-refractivity contribution >= 4 is 11.8 Å². The molecule has 5 heteroatoms. The van der Waals surface area contributed by atoms with Gasteiger partial charge in [-0.1, -0.05) is 34.1 Å². The molecule has 9 atom stereocenters. The van der Waals surface area contributed by atoms with E-state index in [1.807, 2.05) is 0 Å². The van der Waals surface area contributed by atoms with Crippen molar-refractivity contribution in [3.63, 3.8) is 0 Å². The van der Waals surface area contributed by atoms with Crippen molar-refractivity contribution in [1.82, 2.24) is 4.90 Å². The standard InChI is InChI=1S/C29H49NO4/c1-6-8-15-30(7-2)18-26(33)34-25-17-29(5)23(19(3)31)11-12-24(29)22-10-9-20-16-21(32)13-14-28(20,4)27(22)25/h20-25,27,32H,6-18H2,1-5H3/t20-,21+,22-,23+,24-,25-,27+,28-,29+/m0/s1. The predicted octanol–water partition coefficient (Wildman–Crippen LogP) is 5.24. The highest BCUT2D eigenvalue weighted by Crippen LogP contribution is 2.68. The number of rotatable bonds is 8. The lowest BCUT2D eigenvalue weighted by molar-refractivity contribution is -0.199. The van der Waals surface area contributed by atoms with Crippen molar-refractivity contribution < 1.29 is 19.4 Å². The maximum absolute atomic E-state index is 13.3. The predicted molar refractivity (Wildman–Crippen MR) is 134 cm³/mol. The fourth-order valence-corrected chi connectivity index (χ4v) is 9.22. The highest BCUT2D eigenvalue weighted by atomic mass is 16.5. The first-order valence-electron chi connectivity index (χ1n) is 14.2. The van der Waals surface area contributed by atoms with E-state index in [1.165, 1.54) is 0 Å². The maximum atomic E-state index is 13.3. The summed E-state index contributed by atoms with van der Waals surface area (Å²) < 4.78 is 6.46. The van der Waals surface area contributed by atoms with Crippen LogP contribution in [0.5, 0.6) is 0 Å². The Hall–Kier alpha value is -0.940. The van der Waals surface area contributed by atoms with Gasteiger partial charge in [0.25, 0.3) is 0 Å². The first kappa shape index (κ1) is 26.1. The van der Waals surface area contributed by atoms with E-state index in [0.29, 0.717) is 36.0 Å². The summed E-state index contributed by atoms with van der Waals surface area (Å²) in [6.07, 6.45) is 9.92. The summed E-state index contributed by atoms with van der Waals surface area (Å²) in [7, 11) is 0. The molecule has 0 aromatic carbocycles. The summed E-state index contributed by atoms with van der Waals surface area (Å²) in [6.45, 7) is 13.0. The van der Waals surface area contributed by atoms with E-state index in [4.69, 9.17) is 4.74 Å². The topological polar surface area (TPSA) is 66.8 Å². The van der Waals surface area contributed by atoms with Gasteiger partial charge in [0.1, 0.15) is 11.9 Å². The third-order valence-electron chi connectivity index (χ3n) is 10.9. The Morgan fingerprint density at radius 2 is 1.82 bits per heavy atom. The normalized spacial score (nSPS) is 43.7. The van der Waals surface area contributed by atoms with Crippen molar-refractivity contribution in [2.24, 2.45) is 40.4 Å². The molecule has 0 aromatic rings. The molecule has 4 rings (SSSR count). The number of nitrogens with zero attached hydrogens (tertiary/aromatic N) is 1. The second-order valence-corrected chi connectivity index (χ2v) is 12.7. The zero-order valence-electron chi connectivity index (χ0n) is 22.4. The minimum atomic E-state index is -0.185. The summed E-state index contributed by atoms with van der Waals surface area (Å²) in [5.41, 5.74) is 0.0391. The fraction of sp³-hybridized carbons (Fsp3) is 0.931. The first-order chi connectivity index (χ1) is 16.1. The third-order valence-corrected chi connectivity index (χ3v) is 10.9. The van der Waals surface area contributed by atoms with Gasteiger partial charge in [0.2, 0.25) is 0 Å². The van der Waals surface area contributed by atoms with Crippen LogP contribution in [0.1, 0.15) is 98.8 Å². The number of fused-ring (bicyclic) bond motifs is 5. The third kappa shape index (κ3) is 4.61. The summed E-state index contributed by atoms with van der Waals surface area (Å²) in [6, 6.07) is 0. The second-order valence-electron chi connectivity index (χ2n) is 12.7. The zero-order valence-corrected chi connectivity index (χ0v) is 22.4. The fourth-order valence-electron chi connectivity index (χ4n) is 9.22. The van der Waals surface area contributed by atoms with E-state index in [9.17, 15) is 14.7 Å². The van der Waals surface area contributed by atoms with Crippen LogP contribution >= 0.6 is 0 Å². The summed E-state index contributed by atoms with van der Waals surface area (Å²) in [5.74, 6) is 2.22. The molecule has 4 fully saturated rings. The van der Waals surface area contributed by atoms with E-state index < -0.39 is 0 Å². The number of aliphatic hydroxyl groups is 1. The molecule has 0 amide bonds. The molecular weight excluding hydrogens is 426 g/mol. The molecule has 5 nitrogen and oxygen atoms in total. The molecule has 0 aromatic heterocycles. The summed E-state index contributed by atoms with van der Waals surface area (Å²) >= 11 is 0. The smallest absolute Gasteiger partial charge is 0.320 e. The summed E-state index contributed by atoms with van der Waals surface area (Å²) in [5, 5.41) is 10.4. The molecule has 0 spiro atoms. The monoisotopic (exact) mass is 475 g/mol. The molecule has 4 aliphatic carbocycles. The number of ether oxygens (including phenoxy) is 1. The van der Waals surface area contributed by atoms with Gasteiger partial charge in [0, 0.05) is 11.8 Å². The lowest BCUT2D eigenvalue weighted by Gasteiger charge is -2.62. The Kier molecular flexibility index (Phi) is 7.84. The van der Waals surface area contributed by atoms with E-state index in [2.05, 4.69) is 32.6 Å². The molecule has 34 heavy (non-hydrogen) atoms. The first-order valence-corrected chi connectivity index (χ1v) is 14.2. The van der Waals surface area contributed by atoms with Crippen molar-refractivity contribution in [2.75, 3.05) is 19.6 Å². The molecular formula is C29H49NO4. The molecule has 194 valence electrons. The van der Waals surface area contributed by atoms with Crippen LogP contribution in [0.15, 0.2) is 0 Å². The van der Waals surface area contributed by atoms with Gasteiger partial charge in [-0.3, -0.25) is 14.5 Å². The molecule has 0 bridgehead atoms. The van der Waals surface area contributed by atoms with Gasteiger partial charge in [-0.15, -0.1) is 0 Å². The van der Waals surface area contributed by atoms with E-state index in [1.54, 1.807) is 6.92 Å². The minimum absolute atomic E-state index is 0.0675. The van der Waals surface area contributed by atoms with Crippen LogP contribution in [0.2, 0.25) is 0 Å². The molecule has 4 aliphatic rings. The number of hydrogen-bond donors (Lipinski definition) is 1. The van der Waals surface area contributed by atoms with Crippen LogP contribution in [0.4, 0.5) is 0 Å². The van der Waals surface area contributed by atoms with Gasteiger partial charge in [-0.25, -0.2) is 0 Å². The molecule has 0 unspecified atom stereocenters. The SMILES string of the molecule is CCCCN(CC)CC(=O)O[C@H]1C[C@]2(C)[C@@H](C(C)=O)CC[C@H]2[C@@H]2CC[C@H]3C[C@H](O)CC[C@]3(C)[C@H]21. The molecule has 0 saturated heterocycles. The zero-order chi connectivity index (χ0) is 24.7. The van der Waals surface area contributed by atoms with Gasteiger partial charge in [0.15, 0.2) is 0 Å². The van der Waals surface area contributed by atoms with Gasteiger partial charge < -0.3 is 9.84 Å². The number of Topliss-reactive ketones (excluding diaryl/α,β-unsaturated/α-hetero) is 1. The van der Waals surface area contributed by atoms with E-state index in [0.717, 1.165) is 77.3 Å². The lowest BCUT2D eigenvalue weighted by Crippen LogP contribution is -2.60. The van der Waals surface area contributed by atoms with Gasteiger partial charge in [0.05, 0.1) is 12.6 Å². The highest BCUT2D eigenvalue weighted by Gasteiger charge is 2.64. The Balaban J connectivity index is 1.61. The van der Waals surface area contributed by atoms with Crippen LogP contribution in [0, 0.1) is 40.4 Å². The molecule has 1 N–H and O–H groups in total. The molecule has 0 aliphatic heterocycles. The number of aliphatic hydroxyl groups excluding tert-OH is 1. The molecule has 0 heterocycles. The minimum Gasteiger partial charge on any atom is -0.461 e. The highest BCUT2D eigenvalue weighted by molar-refractivity contribution is 5.79. The van der Waals surface area contributed by atoms with Crippen molar-refractivity contribution in [1.29, 1.82) is 0 Å². The van der Waals surface area contributed by atoms with Crippen molar-refractivity contribution in [3.05, 3.63) is 0 Å². The van der Waals surface area contributed by atoms with Crippen molar-refractivity contribution in [3.8, 4) is 0 Å². The van der Waals surface area contributed by atoms with Gasteiger partial charge >= 0.3 is 5.97 Å². The van der Waals surface area contributed by atoms with Crippen molar-refractivity contribution in [2.45, 2.75) is 111 Å². The molecule has 0 radical (unpaired) electrons. The largest absolute Gasteiger partial charge is 0.461 e. The number of likely N-dealkylation sites (N-methyl/N-ethyl adjacent to an activating group) is 1. The number of unbranched alkanes of at least 4 members (excludes halogenated alkanes) is 1. The number of carbonyl (C=O) groups is 2. The number of esters is 1. The summed E-state index contributed by atoms with van der Waals surface area (Å²) in [4.78, 5) is 28.1. The average molecular weight is 476 g/mol. The van der Waals surface area contributed by atoms with E-state index in [-0.39, 0.29) is 34.9 Å². The number of ketones is 1. The number of hydrogen-bond acceptors (Lipinski definition) is 5. The maximum Gasteiger partial charge on any atom is 0.320 e. The average Bonchev–Trinajstić information content (AvgIpc) is 3.13. The Morgan fingerprint density at radius 3 is 2.50 bits per heavy atom. The van der Waals surface area contributed by atoms with Crippen LogP contribution in [-0.4, -0.2) is 53.6 Å². The van der Waals surface area contributed by atoms with Crippen LogP contribution in [0.3, 0.4) is 0 Å². The van der Waals surface area contributed by atoms with Gasteiger partial charge in [-0.05, 0) is 106 Å². The number of carbonyl (C=O) groups excluding carboxylic acids is 2. The Labute approximate surface area is 207 Å². The Morgan fingerprint density at radius 1 is 1.06 bits per heavy atom. The van der Waals surface area contributed by atoms with E-state index >= 15 is 0 Å². The quantitative estimate of drug-likeness (QED) is 0.486. The lowest BCUT2D eigenvalue weighted by atomic mass is 9.43. The van der Waals surface area contributed by atoms with Gasteiger partial charge in [-0.2, -0.15) is 0 Å². The second kappa shape index (κ2) is 10.2. The van der Waals surface area contributed by atoms with Crippen LogP contribution < -0.4 is 0 Å². The Bertz CT molecular complexity index is 754. The van der Waals surface area contributed by atoms with Crippen LogP contribution in [-0.2, 0) is 14.3 Å².